The Kier molecular flexibility index (Phi) is 7.64. The molecular weight excluding hydrogens is 432 g/mol. The van der Waals surface area contributed by atoms with Gasteiger partial charge in [-0.2, -0.15) is 0 Å². The van der Waals surface area contributed by atoms with Crippen LogP contribution >= 0.6 is 0 Å². The Hall–Kier alpha value is -4.01. The molecule has 9 nitrogen and oxygen atoms in total. The number of aromatic nitrogens is 3. The number of rotatable bonds is 7. The molecule has 3 amide bonds. The molecule has 0 spiro atoms. The zero-order chi connectivity index (χ0) is 23.8. The molecule has 4 rings (SSSR count). The van der Waals surface area contributed by atoms with Gasteiger partial charge in [0.15, 0.2) is 5.82 Å². The van der Waals surface area contributed by atoms with E-state index in [-0.39, 0.29) is 18.3 Å². The van der Waals surface area contributed by atoms with Gasteiger partial charge in [0, 0.05) is 12.0 Å². The Morgan fingerprint density at radius 2 is 1.53 bits per heavy atom. The van der Waals surface area contributed by atoms with E-state index in [0.29, 0.717) is 18.2 Å². The molecule has 9 heteroatoms. The molecule has 3 N–H and O–H groups in total. The van der Waals surface area contributed by atoms with Gasteiger partial charge in [-0.05, 0) is 30.9 Å². The second-order valence-electron chi connectivity index (χ2n) is 8.36. The van der Waals surface area contributed by atoms with Gasteiger partial charge in [-0.25, -0.2) is 9.67 Å². The van der Waals surface area contributed by atoms with Crippen molar-refractivity contribution in [3.05, 3.63) is 66.5 Å². The fraction of sp³-hybridized carbons (Fsp3) is 0.320. The number of para-hydroxylation sites is 1. The Balaban J connectivity index is 1.35. The minimum absolute atomic E-state index is 0.0932. The Morgan fingerprint density at radius 1 is 0.853 bits per heavy atom. The summed E-state index contributed by atoms with van der Waals surface area (Å²) in [5.74, 6) is -0.544. The molecule has 1 saturated carbocycles. The summed E-state index contributed by atoms with van der Waals surface area (Å²) in [5, 5.41) is 6.96. The summed E-state index contributed by atoms with van der Waals surface area (Å²) in [6, 6.07) is 18.8. The summed E-state index contributed by atoms with van der Waals surface area (Å²) in [6.45, 7) is -0.215. The highest BCUT2D eigenvalue weighted by Gasteiger charge is 2.20. The molecule has 0 aliphatic heterocycles. The van der Waals surface area contributed by atoms with Crippen LogP contribution in [0.4, 0.5) is 0 Å². The standard InChI is InChI=1S/C25H28N6O3/c32-21(16-18-10-4-1-5-11-18)26-17-22(33)28-29-25(34)23-27-24(19-12-6-2-7-13-19)31(30-23)20-14-8-3-9-15-20/h2-3,6-9,12-15,18H,1,4-5,10-11,16-17H2,(H,26,32)(H,28,33)(H,29,34). The van der Waals surface area contributed by atoms with Gasteiger partial charge < -0.3 is 5.32 Å². The number of carbonyl (C=O) groups is 3. The van der Waals surface area contributed by atoms with Crippen LogP contribution in [-0.2, 0) is 9.59 Å². The zero-order valence-electron chi connectivity index (χ0n) is 18.9. The molecule has 1 aliphatic rings. The molecular formula is C25H28N6O3. The van der Waals surface area contributed by atoms with E-state index in [1.165, 1.54) is 6.42 Å². The van der Waals surface area contributed by atoms with E-state index in [9.17, 15) is 14.4 Å². The van der Waals surface area contributed by atoms with Gasteiger partial charge >= 0.3 is 5.91 Å². The number of benzene rings is 2. The third kappa shape index (κ3) is 6.06. The number of carbonyl (C=O) groups excluding carboxylic acids is 3. The van der Waals surface area contributed by atoms with Crippen LogP contribution in [0.15, 0.2) is 60.7 Å². The molecule has 0 unspecified atom stereocenters. The van der Waals surface area contributed by atoms with Crippen molar-refractivity contribution in [2.75, 3.05) is 6.54 Å². The fourth-order valence-corrected chi connectivity index (χ4v) is 4.06. The molecule has 0 radical (unpaired) electrons. The fourth-order valence-electron chi connectivity index (χ4n) is 4.06. The van der Waals surface area contributed by atoms with Crippen molar-refractivity contribution in [1.82, 2.24) is 30.9 Å². The molecule has 0 bridgehead atoms. The lowest BCUT2D eigenvalue weighted by Gasteiger charge is -2.20. The topological polar surface area (TPSA) is 118 Å². The number of hydrogen-bond acceptors (Lipinski definition) is 5. The third-order valence-electron chi connectivity index (χ3n) is 5.80. The summed E-state index contributed by atoms with van der Waals surface area (Å²) in [4.78, 5) is 41.2. The van der Waals surface area contributed by atoms with Crippen LogP contribution in [0.3, 0.4) is 0 Å². The predicted molar refractivity (Wildman–Crippen MR) is 127 cm³/mol. The van der Waals surface area contributed by atoms with E-state index in [2.05, 4.69) is 26.3 Å². The summed E-state index contributed by atoms with van der Waals surface area (Å²) >= 11 is 0. The highest BCUT2D eigenvalue weighted by atomic mass is 16.2. The average molecular weight is 461 g/mol. The normalized spacial score (nSPS) is 13.8. The lowest BCUT2D eigenvalue weighted by molar-refractivity contribution is -0.127. The van der Waals surface area contributed by atoms with Crippen LogP contribution in [0.2, 0.25) is 0 Å². The second-order valence-corrected chi connectivity index (χ2v) is 8.36. The highest BCUT2D eigenvalue weighted by Crippen LogP contribution is 2.26. The van der Waals surface area contributed by atoms with Crippen molar-refractivity contribution in [3.63, 3.8) is 0 Å². The van der Waals surface area contributed by atoms with Crippen LogP contribution in [-0.4, -0.2) is 39.0 Å². The van der Waals surface area contributed by atoms with Gasteiger partial charge in [0.05, 0.1) is 12.2 Å². The number of amides is 3. The van der Waals surface area contributed by atoms with Crippen LogP contribution < -0.4 is 16.2 Å². The smallest absolute Gasteiger partial charge is 0.309 e. The first kappa shape index (κ1) is 23.2. The summed E-state index contributed by atoms with van der Waals surface area (Å²) in [5.41, 5.74) is 6.17. The minimum Gasteiger partial charge on any atom is -0.347 e. The largest absolute Gasteiger partial charge is 0.347 e. The molecule has 1 aromatic heterocycles. The van der Waals surface area contributed by atoms with Gasteiger partial charge in [-0.1, -0.05) is 67.8 Å². The van der Waals surface area contributed by atoms with Crippen molar-refractivity contribution in [3.8, 4) is 17.1 Å². The summed E-state index contributed by atoms with van der Waals surface area (Å²) < 4.78 is 1.58. The van der Waals surface area contributed by atoms with E-state index in [1.54, 1.807) is 4.68 Å². The maximum atomic E-state index is 12.6. The van der Waals surface area contributed by atoms with E-state index >= 15 is 0 Å². The maximum Gasteiger partial charge on any atom is 0.309 e. The SMILES string of the molecule is O=C(CC1CCCCC1)NCC(=O)NNC(=O)c1nc(-c2ccccc2)n(-c2ccccc2)n1. The highest BCUT2D eigenvalue weighted by molar-refractivity contribution is 5.93. The number of hydrazine groups is 1. The van der Waals surface area contributed by atoms with E-state index in [0.717, 1.165) is 36.9 Å². The van der Waals surface area contributed by atoms with Crippen molar-refractivity contribution in [2.24, 2.45) is 5.92 Å². The number of nitrogens with one attached hydrogen (secondary N) is 3. The molecule has 0 atom stereocenters. The number of hydrogen-bond donors (Lipinski definition) is 3. The van der Waals surface area contributed by atoms with E-state index in [4.69, 9.17) is 0 Å². The van der Waals surface area contributed by atoms with Crippen LogP contribution in [0.25, 0.3) is 17.1 Å². The Labute approximate surface area is 197 Å². The molecule has 1 heterocycles. The van der Waals surface area contributed by atoms with Gasteiger partial charge in [-0.3, -0.25) is 25.2 Å². The quantitative estimate of drug-likeness (QED) is 0.469. The first-order valence-electron chi connectivity index (χ1n) is 11.5. The van der Waals surface area contributed by atoms with Gasteiger partial charge in [0.25, 0.3) is 5.91 Å². The van der Waals surface area contributed by atoms with E-state index in [1.807, 2.05) is 60.7 Å². The maximum absolute atomic E-state index is 12.6. The lowest BCUT2D eigenvalue weighted by Crippen LogP contribution is -2.46. The monoisotopic (exact) mass is 460 g/mol. The van der Waals surface area contributed by atoms with Crippen LogP contribution in [0.5, 0.6) is 0 Å². The first-order valence-corrected chi connectivity index (χ1v) is 11.5. The molecule has 1 aliphatic carbocycles. The van der Waals surface area contributed by atoms with Gasteiger partial charge in [-0.15, -0.1) is 5.10 Å². The second kappa shape index (κ2) is 11.2. The summed E-state index contributed by atoms with van der Waals surface area (Å²) in [7, 11) is 0. The zero-order valence-corrected chi connectivity index (χ0v) is 18.9. The van der Waals surface area contributed by atoms with Crippen molar-refractivity contribution in [2.45, 2.75) is 38.5 Å². The summed E-state index contributed by atoms with van der Waals surface area (Å²) in [6.07, 6.45) is 6.09. The molecule has 1 fully saturated rings. The number of nitrogens with zero attached hydrogens (tertiary/aromatic N) is 3. The van der Waals surface area contributed by atoms with Gasteiger partial charge in [0.2, 0.25) is 11.7 Å². The Bertz CT molecular complexity index is 1070. The third-order valence-corrected chi connectivity index (χ3v) is 5.80. The predicted octanol–water partition coefficient (Wildman–Crippen LogP) is 2.78. The van der Waals surface area contributed by atoms with Crippen molar-refractivity contribution < 1.29 is 14.4 Å². The molecule has 34 heavy (non-hydrogen) atoms. The van der Waals surface area contributed by atoms with E-state index < -0.39 is 11.8 Å². The van der Waals surface area contributed by atoms with Crippen molar-refractivity contribution >= 4 is 17.7 Å². The molecule has 3 aromatic rings. The molecule has 176 valence electrons. The minimum atomic E-state index is -0.659. The average Bonchev–Trinajstić information content (AvgIpc) is 3.33. The Morgan fingerprint density at radius 3 is 2.24 bits per heavy atom. The van der Waals surface area contributed by atoms with Gasteiger partial charge in [0.1, 0.15) is 0 Å². The first-order chi connectivity index (χ1) is 16.6. The lowest BCUT2D eigenvalue weighted by atomic mass is 9.87. The molecule has 2 aromatic carbocycles. The van der Waals surface area contributed by atoms with Crippen LogP contribution in [0, 0.1) is 5.92 Å². The van der Waals surface area contributed by atoms with Crippen LogP contribution in [0.1, 0.15) is 49.1 Å². The molecule has 0 saturated heterocycles. The van der Waals surface area contributed by atoms with Crippen molar-refractivity contribution in [1.29, 1.82) is 0 Å².